The molecule has 480 valence electrons. The van der Waals surface area contributed by atoms with Gasteiger partial charge >= 0.3 is 0 Å². The highest BCUT2D eigenvalue weighted by Crippen LogP contribution is 2.29. The van der Waals surface area contributed by atoms with Crippen LogP contribution >= 0.6 is 0 Å². The van der Waals surface area contributed by atoms with E-state index in [1.165, 1.54) is 134 Å². The molecule has 0 amide bonds. The van der Waals surface area contributed by atoms with Gasteiger partial charge in [0.1, 0.15) is 42.3 Å². The van der Waals surface area contributed by atoms with E-state index in [0.29, 0.717) is 12.5 Å². The molecule has 6 heteroatoms. The maximum atomic E-state index is 7.49. The third kappa shape index (κ3) is 18.1. The van der Waals surface area contributed by atoms with Gasteiger partial charge in [-0.3, -0.25) is 0 Å². The average molecular weight is 1250 g/mol. The number of hydrogen-bond donors (Lipinski definition) is 0. The normalized spacial score (nSPS) is 11.2. The van der Waals surface area contributed by atoms with E-state index in [-0.39, 0.29) is 0 Å². The Balaban J connectivity index is 0.000000166. The third-order valence-corrected chi connectivity index (χ3v) is 18.0. The van der Waals surface area contributed by atoms with E-state index in [1.807, 2.05) is 55.9 Å². The number of aryl methyl sites for hydroxylation is 19. The Morgan fingerprint density at radius 1 is 0.234 bits per heavy atom. The Hall–Kier alpha value is -9.78. The van der Waals surface area contributed by atoms with E-state index in [4.69, 9.17) is 5.48 Å². The van der Waals surface area contributed by atoms with Gasteiger partial charge < -0.3 is 0 Å². The van der Waals surface area contributed by atoms with Gasteiger partial charge in [-0.2, -0.15) is 0 Å². The fraction of sp³-hybridized carbons (Fsp3) is 0.250. The summed E-state index contributed by atoms with van der Waals surface area (Å²) in [7, 11) is 12.3. The van der Waals surface area contributed by atoms with Gasteiger partial charge in [-0.25, -0.2) is 27.4 Å². The van der Waals surface area contributed by atoms with Crippen LogP contribution in [0.4, 0.5) is 0 Å². The summed E-state index contributed by atoms with van der Waals surface area (Å²) in [5.74, 6) is 0. The van der Waals surface area contributed by atoms with Crippen LogP contribution in [0.15, 0.2) is 231 Å². The van der Waals surface area contributed by atoms with Gasteiger partial charge in [0.25, 0.3) is 0 Å². The van der Waals surface area contributed by atoms with Crippen LogP contribution in [0.5, 0.6) is 0 Å². The molecule has 0 N–H and O–H groups in total. The van der Waals surface area contributed by atoms with E-state index < -0.39 is 6.85 Å². The first-order chi connectivity index (χ1) is 46.5. The zero-order chi connectivity index (χ0) is 71.7. The number of hydrogen-bond acceptors (Lipinski definition) is 0. The molecule has 6 aromatic heterocycles. The van der Waals surface area contributed by atoms with E-state index in [0.717, 1.165) is 16.8 Å². The van der Waals surface area contributed by atoms with Crippen molar-refractivity contribution in [2.24, 2.45) is 42.3 Å². The Labute approximate surface area is 570 Å². The largest absolute Gasteiger partial charge is 0.215 e. The minimum absolute atomic E-state index is 0.341. The van der Waals surface area contributed by atoms with Crippen LogP contribution in [0, 0.1) is 111 Å². The smallest absolute Gasteiger partial charge is 0.201 e. The van der Waals surface area contributed by atoms with Crippen molar-refractivity contribution < 1.29 is 32.9 Å². The molecule has 0 aliphatic heterocycles. The second-order valence-electron chi connectivity index (χ2n) is 25.2. The van der Waals surface area contributed by atoms with Crippen LogP contribution in [0.3, 0.4) is 0 Å². The number of rotatable bonds is 6. The number of aromatic nitrogens is 6. The lowest BCUT2D eigenvalue weighted by Gasteiger charge is -2.10. The standard InChI is InChI=1S/C16H20N.2C15H18N.3C14H16N/c1-11-8-6-7-9-15(11)16-14(4)13(3)12(2)10-17(16)5;1-11-7-5-6-8-14(11)15-9-12(2)13(3)10-16(15)4;1-11-9-10-16(4)15(13(11)3)14-8-6-5-7-12(14)2;1-11-7-4-5-9-13(11)14-12(2)8-6-10-15(14)3;1-11-8-9-15(3)14(10-11)13-7-5-4-6-12(13)2;1-11-8-9-14(15(3)10-11)13-7-5-4-6-12(13)2/h6-10H,1-5H3;2*5-10H,1-4H3;3*4-10H,1-3H3/q6*+1/i;3D;;;;1D3. The van der Waals surface area contributed by atoms with Crippen molar-refractivity contribution in [3.05, 3.63) is 320 Å². The number of nitrogens with zero attached hydrogens (tertiary/aromatic N) is 6. The molecule has 0 saturated heterocycles. The van der Waals surface area contributed by atoms with E-state index >= 15 is 0 Å². The first kappa shape index (κ1) is 65.7. The lowest BCUT2D eigenvalue weighted by atomic mass is 9.97. The van der Waals surface area contributed by atoms with Gasteiger partial charge in [0.15, 0.2) is 37.2 Å². The Morgan fingerprint density at radius 3 is 1.09 bits per heavy atom. The minimum Gasteiger partial charge on any atom is -0.201 e. The lowest BCUT2D eigenvalue weighted by Crippen LogP contribution is -2.33. The number of benzene rings is 6. The molecule has 6 nitrogen and oxygen atoms in total. The Morgan fingerprint density at radius 2 is 0.628 bits per heavy atom. The molecule has 0 unspecified atom stereocenters. The maximum absolute atomic E-state index is 7.49. The molecule has 0 aliphatic rings. The molecule has 0 atom stereocenters. The molecule has 0 radical (unpaired) electrons. The molecule has 0 bridgehead atoms. The predicted octanol–water partition coefficient (Wildman–Crippen LogP) is 18.0. The molecule has 0 aliphatic carbocycles. The SMILES string of the molecule is Cc1cc[n+](C)c(-c2ccccc2C)c1.Cc1ccccc1-c1c(C)c(C)c(C)c[n+]1C.Cc1ccccc1-c1c(C)c(C)cc[n+]1C.Cc1ccccc1-c1c(C)ccc[n+]1C.[2H]C([2H])([2H])c1ccc(-c2ccccc2C)[n+](C)c1.[2H]Cc1c[n+](C)c(-c2ccccc2C)cc1C. The van der Waals surface area contributed by atoms with Gasteiger partial charge in [-0.15, -0.1) is 0 Å². The van der Waals surface area contributed by atoms with Gasteiger partial charge in [0.05, 0.1) is 0 Å². The quantitative estimate of drug-likeness (QED) is 0.148. The monoisotopic (exact) mass is 1250 g/mol. The average Bonchev–Trinajstić information content (AvgIpc) is 0.834. The van der Waals surface area contributed by atoms with Crippen LogP contribution in [-0.2, 0) is 42.3 Å². The first-order valence-corrected chi connectivity index (χ1v) is 32.5. The summed E-state index contributed by atoms with van der Waals surface area (Å²) >= 11 is 0. The Kier molecular flexibility index (Phi) is 23.2. The first-order valence-electron chi connectivity index (χ1n) is 34.7. The lowest BCUT2D eigenvalue weighted by molar-refractivity contribution is -0.661. The summed E-state index contributed by atoms with van der Waals surface area (Å²) < 4.78 is 42.5. The van der Waals surface area contributed by atoms with Crippen molar-refractivity contribution in [1.29, 1.82) is 0 Å². The van der Waals surface area contributed by atoms with E-state index in [9.17, 15) is 0 Å². The molecule has 0 fully saturated rings. The summed E-state index contributed by atoms with van der Waals surface area (Å²) in [6.07, 6.45) is 12.3. The summed E-state index contributed by atoms with van der Waals surface area (Å²) in [5, 5.41) is 0. The molecule has 12 rings (SSSR count). The predicted molar refractivity (Wildman–Crippen MR) is 394 cm³/mol. The molecule has 0 saturated carbocycles. The highest BCUT2D eigenvalue weighted by Gasteiger charge is 2.21. The molecule has 6 heterocycles. The van der Waals surface area contributed by atoms with Crippen molar-refractivity contribution in [3.63, 3.8) is 0 Å². The zero-order valence-corrected chi connectivity index (χ0v) is 59.8. The molecular formula is C88H104N6+6. The van der Waals surface area contributed by atoms with Crippen LogP contribution in [-0.4, -0.2) is 0 Å². The fourth-order valence-electron chi connectivity index (χ4n) is 12.0. The fourth-order valence-corrected chi connectivity index (χ4v) is 12.0. The topological polar surface area (TPSA) is 23.3 Å². The Bertz CT molecular complexity index is 4710. The van der Waals surface area contributed by atoms with Crippen molar-refractivity contribution >= 4 is 0 Å². The second kappa shape index (κ2) is 33.2. The van der Waals surface area contributed by atoms with Crippen molar-refractivity contribution in [1.82, 2.24) is 0 Å². The molecule has 94 heavy (non-hydrogen) atoms. The molecular weight excluding hydrogens is 1140 g/mol. The van der Waals surface area contributed by atoms with Gasteiger partial charge in [-0.1, -0.05) is 109 Å². The van der Waals surface area contributed by atoms with Gasteiger partial charge in [0, 0.05) is 109 Å². The van der Waals surface area contributed by atoms with Crippen molar-refractivity contribution in [3.8, 4) is 67.5 Å². The highest BCUT2D eigenvalue weighted by atomic mass is 14.9. The highest BCUT2D eigenvalue weighted by molar-refractivity contribution is 5.68. The van der Waals surface area contributed by atoms with E-state index in [2.05, 4.69) is 330 Å². The van der Waals surface area contributed by atoms with Crippen LogP contribution in [0.1, 0.15) is 94.5 Å². The van der Waals surface area contributed by atoms with Crippen LogP contribution in [0.25, 0.3) is 67.5 Å². The molecule has 12 aromatic rings. The second-order valence-corrected chi connectivity index (χ2v) is 25.2. The number of pyridine rings is 6. The van der Waals surface area contributed by atoms with Gasteiger partial charge in [-0.05, 0) is 215 Å². The minimum atomic E-state index is -2.05. The van der Waals surface area contributed by atoms with E-state index in [1.54, 1.807) is 12.3 Å². The third-order valence-electron chi connectivity index (χ3n) is 18.0. The summed E-state index contributed by atoms with van der Waals surface area (Å²) in [4.78, 5) is 0. The molecule has 0 spiro atoms. The van der Waals surface area contributed by atoms with Gasteiger partial charge in [0.2, 0.25) is 34.2 Å². The summed E-state index contributed by atoms with van der Waals surface area (Å²) in [6, 6.07) is 67.0. The van der Waals surface area contributed by atoms with Crippen molar-refractivity contribution in [2.45, 2.75) is 111 Å². The zero-order valence-electron chi connectivity index (χ0n) is 63.8. The van der Waals surface area contributed by atoms with Crippen LogP contribution < -0.4 is 27.4 Å². The van der Waals surface area contributed by atoms with Crippen molar-refractivity contribution in [2.75, 3.05) is 0 Å². The summed E-state index contributed by atoms with van der Waals surface area (Å²) in [5.41, 5.74) is 34.9. The molecule has 6 aromatic carbocycles. The van der Waals surface area contributed by atoms with Crippen LogP contribution in [0.2, 0.25) is 0 Å². The maximum Gasteiger partial charge on any atom is 0.215 e. The summed E-state index contributed by atoms with van der Waals surface area (Å²) in [6.45, 7) is 28.4.